The number of amides is 1. The van der Waals surface area contributed by atoms with Crippen molar-refractivity contribution >= 4 is 23.2 Å². The number of aryl methyl sites for hydroxylation is 2. The van der Waals surface area contributed by atoms with Crippen molar-refractivity contribution < 1.29 is 4.79 Å². The average molecular weight is 329 g/mol. The second kappa shape index (κ2) is 6.13. The summed E-state index contributed by atoms with van der Waals surface area (Å²) in [5.74, 6) is -0.299. The summed E-state index contributed by atoms with van der Waals surface area (Å²) >= 11 is 6.21. The van der Waals surface area contributed by atoms with Gasteiger partial charge in [-0.3, -0.25) is 9.78 Å². The normalized spacial score (nSPS) is 10.6. The van der Waals surface area contributed by atoms with Crippen LogP contribution < -0.4 is 5.32 Å². The highest BCUT2D eigenvalue weighted by molar-refractivity contribution is 6.34. The van der Waals surface area contributed by atoms with Crippen LogP contribution in [0.5, 0.6) is 0 Å². The minimum absolute atomic E-state index is 0.299. The Labute approximate surface area is 137 Å². The summed E-state index contributed by atoms with van der Waals surface area (Å²) in [6, 6.07) is 8.64. The molecule has 8 heteroatoms. The van der Waals surface area contributed by atoms with Crippen LogP contribution in [0, 0.1) is 13.8 Å². The number of aromatic nitrogens is 5. The van der Waals surface area contributed by atoms with Crippen molar-refractivity contribution in [1.82, 2.24) is 25.2 Å². The number of carbonyl (C=O) groups excluding carboxylic acids is 1. The third-order valence-electron chi connectivity index (χ3n) is 3.28. The second-order valence-electron chi connectivity index (χ2n) is 4.96. The van der Waals surface area contributed by atoms with Crippen LogP contribution in [0.3, 0.4) is 0 Å². The van der Waals surface area contributed by atoms with Gasteiger partial charge >= 0.3 is 0 Å². The molecule has 0 fully saturated rings. The smallest absolute Gasteiger partial charge is 0.257 e. The van der Waals surface area contributed by atoms with E-state index < -0.39 is 0 Å². The van der Waals surface area contributed by atoms with Gasteiger partial charge in [0, 0.05) is 5.69 Å². The molecule has 0 saturated heterocycles. The zero-order valence-electron chi connectivity index (χ0n) is 12.5. The lowest BCUT2D eigenvalue weighted by Gasteiger charge is -2.10. The predicted molar refractivity (Wildman–Crippen MR) is 85.8 cm³/mol. The minimum Gasteiger partial charge on any atom is -0.320 e. The van der Waals surface area contributed by atoms with Gasteiger partial charge in [-0.25, -0.2) is 4.68 Å². The van der Waals surface area contributed by atoms with E-state index >= 15 is 0 Å². The molecule has 2 heterocycles. The molecule has 23 heavy (non-hydrogen) atoms. The van der Waals surface area contributed by atoms with Crippen molar-refractivity contribution in [3.63, 3.8) is 0 Å². The molecule has 116 valence electrons. The third kappa shape index (κ3) is 3.19. The molecule has 0 aliphatic heterocycles. The van der Waals surface area contributed by atoms with E-state index in [9.17, 15) is 4.79 Å². The zero-order valence-corrected chi connectivity index (χ0v) is 13.2. The van der Waals surface area contributed by atoms with E-state index in [1.54, 1.807) is 18.2 Å². The number of rotatable bonds is 3. The molecule has 1 amide bonds. The van der Waals surface area contributed by atoms with Crippen molar-refractivity contribution in [2.24, 2.45) is 0 Å². The van der Waals surface area contributed by atoms with Crippen molar-refractivity contribution in [2.45, 2.75) is 13.8 Å². The highest BCUT2D eigenvalue weighted by atomic mass is 35.5. The first kappa shape index (κ1) is 15.1. The SMILES string of the molecule is Cc1ccc(NC(=O)c2ccc(-n3cnnn3)cc2Cl)c(C)n1. The van der Waals surface area contributed by atoms with Crippen LogP contribution in [-0.4, -0.2) is 31.1 Å². The Morgan fingerprint density at radius 3 is 2.70 bits per heavy atom. The lowest BCUT2D eigenvalue weighted by Crippen LogP contribution is -2.14. The third-order valence-corrected chi connectivity index (χ3v) is 3.60. The van der Waals surface area contributed by atoms with Gasteiger partial charge in [-0.2, -0.15) is 0 Å². The maximum atomic E-state index is 12.4. The van der Waals surface area contributed by atoms with Gasteiger partial charge in [0.15, 0.2) is 0 Å². The second-order valence-corrected chi connectivity index (χ2v) is 5.37. The molecule has 0 aliphatic rings. The molecule has 3 aromatic rings. The lowest BCUT2D eigenvalue weighted by atomic mass is 10.1. The predicted octanol–water partition coefficient (Wildman–Crippen LogP) is 2.58. The fraction of sp³-hybridized carbons (Fsp3) is 0.133. The molecule has 1 aromatic carbocycles. The minimum atomic E-state index is -0.299. The summed E-state index contributed by atoms with van der Waals surface area (Å²) in [7, 11) is 0. The number of carbonyl (C=O) groups is 1. The maximum Gasteiger partial charge on any atom is 0.257 e. The molecule has 7 nitrogen and oxygen atoms in total. The van der Waals surface area contributed by atoms with Crippen LogP contribution in [0.2, 0.25) is 5.02 Å². The standard InChI is InChI=1S/C15H13ClN6O/c1-9-3-6-14(10(2)18-9)19-15(23)12-5-4-11(7-13(12)16)22-8-17-20-21-22/h3-8H,1-2H3,(H,19,23). The molecular weight excluding hydrogens is 316 g/mol. The Bertz CT molecular complexity index is 862. The van der Waals surface area contributed by atoms with Gasteiger partial charge < -0.3 is 5.32 Å². The van der Waals surface area contributed by atoms with E-state index in [0.717, 1.165) is 11.4 Å². The van der Waals surface area contributed by atoms with Gasteiger partial charge in [0.05, 0.1) is 27.7 Å². The van der Waals surface area contributed by atoms with Gasteiger partial charge in [-0.05, 0) is 54.6 Å². The summed E-state index contributed by atoms with van der Waals surface area (Å²) in [6.45, 7) is 3.73. The average Bonchev–Trinajstić information content (AvgIpc) is 3.04. The topological polar surface area (TPSA) is 85.6 Å². The van der Waals surface area contributed by atoms with E-state index in [0.29, 0.717) is 22.0 Å². The molecule has 0 atom stereocenters. The zero-order chi connectivity index (χ0) is 16.4. The molecule has 0 aliphatic carbocycles. The Kier molecular flexibility index (Phi) is 4.03. The maximum absolute atomic E-state index is 12.4. The number of nitrogens with one attached hydrogen (secondary N) is 1. The van der Waals surface area contributed by atoms with E-state index in [1.165, 1.54) is 11.0 Å². The Hall–Kier alpha value is -2.80. The van der Waals surface area contributed by atoms with E-state index in [4.69, 9.17) is 11.6 Å². The van der Waals surface area contributed by atoms with Crippen molar-refractivity contribution in [3.05, 3.63) is 58.6 Å². The molecule has 0 saturated carbocycles. The summed E-state index contributed by atoms with van der Waals surface area (Å²) in [5.41, 5.74) is 3.33. The van der Waals surface area contributed by atoms with Crippen molar-refractivity contribution in [2.75, 3.05) is 5.32 Å². The number of hydrogen-bond acceptors (Lipinski definition) is 5. The summed E-state index contributed by atoms with van der Waals surface area (Å²) < 4.78 is 1.46. The molecule has 3 rings (SSSR count). The van der Waals surface area contributed by atoms with Crippen molar-refractivity contribution in [3.8, 4) is 5.69 Å². The highest BCUT2D eigenvalue weighted by Gasteiger charge is 2.13. The number of benzene rings is 1. The number of tetrazole rings is 1. The number of hydrogen-bond donors (Lipinski definition) is 1. The summed E-state index contributed by atoms with van der Waals surface area (Å²) in [5, 5.41) is 14.0. The Balaban J connectivity index is 1.85. The van der Waals surface area contributed by atoms with Gasteiger partial charge in [-0.1, -0.05) is 11.6 Å². The Morgan fingerprint density at radius 2 is 2.04 bits per heavy atom. The van der Waals surface area contributed by atoms with Crippen LogP contribution in [-0.2, 0) is 0 Å². The summed E-state index contributed by atoms with van der Waals surface area (Å²) in [4.78, 5) is 16.7. The number of anilines is 1. The molecule has 0 bridgehead atoms. The number of halogens is 1. The first-order chi connectivity index (χ1) is 11.0. The van der Waals surface area contributed by atoms with Crippen LogP contribution in [0.15, 0.2) is 36.7 Å². The van der Waals surface area contributed by atoms with E-state index in [1.807, 2.05) is 26.0 Å². The lowest BCUT2D eigenvalue weighted by molar-refractivity contribution is 0.102. The number of pyridine rings is 1. The monoisotopic (exact) mass is 328 g/mol. The van der Waals surface area contributed by atoms with Crippen LogP contribution in [0.1, 0.15) is 21.7 Å². The van der Waals surface area contributed by atoms with Gasteiger partial charge in [-0.15, -0.1) is 5.10 Å². The van der Waals surface area contributed by atoms with Crippen LogP contribution >= 0.6 is 11.6 Å². The van der Waals surface area contributed by atoms with Gasteiger partial charge in [0.25, 0.3) is 5.91 Å². The largest absolute Gasteiger partial charge is 0.320 e. The Morgan fingerprint density at radius 1 is 1.22 bits per heavy atom. The first-order valence-electron chi connectivity index (χ1n) is 6.83. The first-order valence-corrected chi connectivity index (χ1v) is 7.21. The molecule has 1 N–H and O–H groups in total. The summed E-state index contributed by atoms with van der Waals surface area (Å²) in [6.07, 6.45) is 1.45. The molecule has 0 spiro atoms. The number of nitrogens with zero attached hydrogens (tertiary/aromatic N) is 5. The van der Waals surface area contributed by atoms with E-state index in [-0.39, 0.29) is 5.91 Å². The quantitative estimate of drug-likeness (QED) is 0.798. The molecule has 0 radical (unpaired) electrons. The van der Waals surface area contributed by atoms with E-state index in [2.05, 4.69) is 25.8 Å². The van der Waals surface area contributed by atoms with Crippen LogP contribution in [0.25, 0.3) is 5.69 Å². The van der Waals surface area contributed by atoms with Crippen LogP contribution in [0.4, 0.5) is 5.69 Å². The fourth-order valence-electron chi connectivity index (χ4n) is 2.12. The highest BCUT2D eigenvalue weighted by Crippen LogP contribution is 2.22. The molecule has 2 aromatic heterocycles. The molecule has 0 unspecified atom stereocenters. The van der Waals surface area contributed by atoms with Gasteiger partial charge in [0.1, 0.15) is 6.33 Å². The van der Waals surface area contributed by atoms with Crippen molar-refractivity contribution in [1.29, 1.82) is 0 Å². The van der Waals surface area contributed by atoms with Gasteiger partial charge in [0.2, 0.25) is 0 Å². The molecular formula is C15H13ClN6O. The fourth-order valence-corrected chi connectivity index (χ4v) is 2.38.